The Balaban J connectivity index is 1.71. The van der Waals surface area contributed by atoms with Crippen LogP contribution in [0.1, 0.15) is 35.6 Å². The molecule has 6 nitrogen and oxygen atoms in total. The Kier molecular flexibility index (Phi) is 7.43. The fourth-order valence-corrected chi connectivity index (χ4v) is 4.64. The highest BCUT2D eigenvalue weighted by Crippen LogP contribution is 2.25. The molecule has 3 aromatic carbocycles. The Labute approximate surface area is 196 Å². The Morgan fingerprint density at radius 1 is 0.879 bits per heavy atom. The number of para-hydroxylation sites is 1. The number of sulfonamides is 1. The van der Waals surface area contributed by atoms with E-state index < -0.39 is 16.1 Å². The summed E-state index contributed by atoms with van der Waals surface area (Å²) < 4.78 is 34.3. The third-order valence-electron chi connectivity index (χ3n) is 5.64. The van der Waals surface area contributed by atoms with Crippen LogP contribution in [-0.2, 0) is 14.8 Å². The molecule has 0 aromatic heterocycles. The van der Waals surface area contributed by atoms with Crippen LogP contribution in [0.3, 0.4) is 0 Å². The summed E-state index contributed by atoms with van der Waals surface area (Å²) in [6, 6.07) is 17.4. The number of carbonyl (C=O) groups is 1. The summed E-state index contributed by atoms with van der Waals surface area (Å²) in [4.78, 5) is 12.9. The highest BCUT2D eigenvalue weighted by atomic mass is 32.2. The van der Waals surface area contributed by atoms with Crippen molar-refractivity contribution in [1.82, 2.24) is 0 Å². The minimum atomic E-state index is -3.76. The van der Waals surface area contributed by atoms with Gasteiger partial charge in [0.05, 0.1) is 10.6 Å². The van der Waals surface area contributed by atoms with E-state index in [-0.39, 0.29) is 10.8 Å². The lowest BCUT2D eigenvalue weighted by Crippen LogP contribution is -2.32. The second-order valence-electron chi connectivity index (χ2n) is 8.10. The van der Waals surface area contributed by atoms with Gasteiger partial charge in [-0.15, -0.1) is 0 Å². The number of ether oxygens (including phenoxy) is 1. The first-order valence-corrected chi connectivity index (χ1v) is 12.3. The van der Waals surface area contributed by atoms with Crippen molar-refractivity contribution in [3.63, 3.8) is 0 Å². The number of benzene rings is 3. The molecule has 0 aliphatic rings. The summed E-state index contributed by atoms with van der Waals surface area (Å²) in [7, 11) is -3.76. The highest BCUT2D eigenvalue weighted by molar-refractivity contribution is 7.92. The van der Waals surface area contributed by atoms with E-state index >= 15 is 0 Å². The van der Waals surface area contributed by atoms with Crippen LogP contribution < -0.4 is 14.8 Å². The molecule has 0 radical (unpaired) electrons. The van der Waals surface area contributed by atoms with E-state index in [1.54, 1.807) is 12.1 Å². The van der Waals surface area contributed by atoms with Crippen molar-refractivity contribution in [1.29, 1.82) is 0 Å². The monoisotopic (exact) mass is 466 g/mol. The standard InChI is InChI=1S/C26H30N2O4S/c1-6-23(32-24-12-8-9-17(2)20(24)5)26(29)27-21-13-15-22(16-14-21)33(30,31)28-25-18(3)10-7-11-19(25)4/h7-16,23,28H,6H2,1-5H3,(H,27,29)/t23-/m1/s1. The van der Waals surface area contributed by atoms with E-state index in [9.17, 15) is 13.2 Å². The van der Waals surface area contributed by atoms with Gasteiger partial charge in [0, 0.05) is 5.69 Å². The van der Waals surface area contributed by atoms with Crippen LogP contribution in [0.4, 0.5) is 11.4 Å². The van der Waals surface area contributed by atoms with Gasteiger partial charge in [0.2, 0.25) is 0 Å². The van der Waals surface area contributed by atoms with Crippen molar-refractivity contribution < 1.29 is 17.9 Å². The molecule has 0 aliphatic heterocycles. The molecule has 1 atom stereocenters. The number of anilines is 2. The molecule has 0 spiro atoms. The first-order valence-electron chi connectivity index (χ1n) is 10.8. The Hall–Kier alpha value is -3.32. The molecular weight excluding hydrogens is 436 g/mol. The average molecular weight is 467 g/mol. The van der Waals surface area contributed by atoms with E-state index in [4.69, 9.17) is 4.74 Å². The summed E-state index contributed by atoms with van der Waals surface area (Å²) in [6.07, 6.45) is -0.176. The molecule has 0 heterocycles. The third-order valence-corrected chi connectivity index (χ3v) is 7.00. The molecule has 0 unspecified atom stereocenters. The van der Waals surface area contributed by atoms with Crippen molar-refractivity contribution in [3.8, 4) is 5.75 Å². The molecule has 0 saturated heterocycles. The van der Waals surface area contributed by atoms with Crippen LogP contribution in [0.5, 0.6) is 5.75 Å². The van der Waals surface area contributed by atoms with Gasteiger partial charge in [-0.1, -0.05) is 37.3 Å². The Bertz CT molecular complexity index is 1230. The minimum Gasteiger partial charge on any atom is -0.480 e. The fourth-order valence-electron chi connectivity index (χ4n) is 3.44. The summed E-state index contributed by atoms with van der Waals surface area (Å²) in [5.41, 5.74) is 4.84. The number of hydrogen-bond acceptors (Lipinski definition) is 4. The number of hydrogen-bond donors (Lipinski definition) is 2. The second kappa shape index (κ2) is 10.1. The van der Waals surface area contributed by atoms with Gasteiger partial charge in [-0.05, 0) is 86.7 Å². The molecular formula is C26H30N2O4S. The van der Waals surface area contributed by atoms with E-state index in [0.29, 0.717) is 23.5 Å². The molecule has 2 N–H and O–H groups in total. The summed E-state index contributed by atoms with van der Waals surface area (Å²) in [5, 5.41) is 2.81. The van der Waals surface area contributed by atoms with Gasteiger partial charge in [-0.25, -0.2) is 8.42 Å². The van der Waals surface area contributed by atoms with Crippen molar-refractivity contribution >= 4 is 27.3 Å². The number of aryl methyl sites for hydroxylation is 3. The number of nitrogens with one attached hydrogen (secondary N) is 2. The molecule has 33 heavy (non-hydrogen) atoms. The second-order valence-corrected chi connectivity index (χ2v) is 9.78. The zero-order chi connectivity index (χ0) is 24.2. The smallest absolute Gasteiger partial charge is 0.265 e. The van der Waals surface area contributed by atoms with E-state index in [1.165, 1.54) is 12.1 Å². The maximum Gasteiger partial charge on any atom is 0.265 e. The Morgan fingerprint density at radius 2 is 1.45 bits per heavy atom. The zero-order valence-corrected chi connectivity index (χ0v) is 20.4. The van der Waals surface area contributed by atoms with Crippen molar-refractivity contribution in [2.24, 2.45) is 0 Å². The van der Waals surface area contributed by atoms with Crippen molar-refractivity contribution in [3.05, 3.63) is 82.9 Å². The van der Waals surface area contributed by atoms with Crippen LogP contribution in [0.15, 0.2) is 65.6 Å². The van der Waals surface area contributed by atoms with Crippen LogP contribution in [0.25, 0.3) is 0 Å². The van der Waals surface area contributed by atoms with Gasteiger partial charge in [0.25, 0.3) is 15.9 Å². The minimum absolute atomic E-state index is 0.113. The van der Waals surface area contributed by atoms with Gasteiger partial charge < -0.3 is 10.1 Å². The first-order chi connectivity index (χ1) is 15.6. The maximum absolute atomic E-state index is 12.8. The van der Waals surface area contributed by atoms with Crippen LogP contribution >= 0.6 is 0 Å². The van der Waals surface area contributed by atoms with Gasteiger partial charge >= 0.3 is 0 Å². The van der Waals surface area contributed by atoms with Gasteiger partial charge in [-0.2, -0.15) is 0 Å². The van der Waals surface area contributed by atoms with Gasteiger partial charge in [0.15, 0.2) is 6.10 Å². The summed E-state index contributed by atoms with van der Waals surface area (Å²) >= 11 is 0. The topological polar surface area (TPSA) is 84.5 Å². The van der Waals surface area contributed by atoms with Crippen molar-refractivity contribution in [2.75, 3.05) is 10.0 Å². The normalized spacial score (nSPS) is 12.2. The molecule has 0 aliphatic carbocycles. The van der Waals surface area contributed by atoms with E-state index in [2.05, 4.69) is 10.0 Å². The number of amides is 1. The van der Waals surface area contributed by atoms with E-state index in [1.807, 2.05) is 71.0 Å². The SMILES string of the molecule is CC[C@@H](Oc1cccc(C)c1C)C(=O)Nc1ccc(S(=O)(=O)Nc2c(C)cccc2C)cc1. The molecule has 0 saturated carbocycles. The van der Waals surface area contributed by atoms with Crippen molar-refractivity contribution in [2.45, 2.75) is 52.0 Å². The maximum atomic E-state index is 12.8. The molecule has 7 heteroatoms. The summed E-state index contributed by atoms with van der Waals surface area (Å²) in [6.45, 7) is 9.54. The van der Waals surface area contributed by atoms with E-state index in [0.717, 1.165) is 22.3 Å². The molecule has 3 rings (SSSR count). The number of carbonyl (C=O) groups excluding carboxylic acids is 1. The molecule has 0 fully saturated rings. The molecule has 3 aromatic rings. The zero-order valence-electron chi connectivity index (χ0n) is 19.6. The van der Waals surface area contributed by atoms with Gasteiger partial charge in [0.1, 0.15) is 5.75 Å². The molecule has 174 valence electrons. The first kappa shape index (κ1) is 24.3. The summed E-state index contributed by atoms with van der Waals surface area (Å²) in [5.74, 6) is 0.388. The van der Waals surface area contributed by atoms with Gasteiger partial charge in [-0.3, -0.25) is 9.52 Å². The lowest BCUT2D eigenvalue weighted by Gasteiger charge is -2.19. The van der Waals surface area contributed by atoms with Crippen LogP contribution in [0.2, 0.25) is 0 Å². The molecule has 0 bridgehead atoms. The lowest BCUT2D eigenvalue weighted by atomic mass is 10.1. The lowest BCUT2D eigenvalue weighted by molar-refractivity contribution is -0.122. The quantitative estimate of drug-likeness (QED) is 0.458. The predicted molar refractivity (Wildman–Crippen MR) is 132 cm³/mol. The average Bonchev–Trinajstić information content (AvgIpc) is 2.77. The number of rotatable bonds is 8. The Morgan fingerprint density at radius 3 is 2.06 bits per heavy atom. The largest absolute Gasteiger partial charge is 0.480 e. The fraction of sp³-hybridized carbons (Fsp3) is 0.269. The van der Waals surface area contributed by atoms with Crippen LogP contribution in [0, 0.1) is 27.7 Å². The van der Waals surface area contributed by atoms with Crippen LogP contribution in [-0.4, -0.2) is 20.4 Å². The predicted octanol–water partition coefficient (Wildman–Crippen LogP) is 5.52. The third kappa shape index (κ3) is 5.73. The molecule has 1 amide bonds. The highest BCUT2D eigenvalue weighted by Gasteiger charge is 2.21.